The zero-order chi connectivity index (χ0) is 13.3. The fraction of sp³-hybridized carbons (Fsp3) is 0.154. The van der Waals surface area contributed by atoms with E-state index in [4.69, 9.17) is 33.7 Å². The molecule has 2 rings (SSSR count). The second-order valence-corrected chi connectivity index (χ2v) is 4.70. The Kier molecular flexibility index (Phi) is 3.64. The third-order valence-corrected chi connectivity index (χ3v) is 3.16. The van der Waals surface area contributed by atoms with E-state index in [0.29, 0.717) is 21.5 Å². The summed E-state index contributed by atoms with van der Waals surface area (Å²) in [5.74, 6) is 0.941. The third kappa shape index (κ3) is 2.37. The van der Waals surface area contributed by atoms with Crippen LogP contribution in [0.3, 0.4) is 0 Å². The van der Waals surface area contributed by atoms with Gasteiger partial charge in [0.25, 0.3) is 0 Å². The molecular weight excluding hydrogens is 271 g/mol. The van der Waals surface area contributed by atoms with E-state index < -0.39 is 0 Å². The number of nitrogens with two attached hydrogens (primary N) is 1. The van der Waals surface area contributed by atoms with Crippen LogP contribution in [-0.4, -0.2) is 12.1 Å². The normalized spacial score (nSPS) is 10.4. The standard InChI is InChI=1S/C13H12Cl2N2O/c1-7-3-4-11(18-2)8(5-7)12-9(14)6-10(15)13(16)17-12/h3-6H,1-2H3,(H2,16,17). The van der Waals surface area contributed by atoms with E-state index in [2.05, 4.69) is 4.98 Å². The highest BCUT2D eigenvalue weighted by molar-refractivity contribution is 6.37. The number of halogens is 2. The highest BCUT2D eigenvalue weighted by atomic mass is 35.5. The lowest BCUT2D eigenvalue weighted by atomic mass is 10.1. The van der Waals surface area contributed by atoms with Crippen LogP contribution < -0.4 is 10.5 Å². The van der Waals surface area contributed by atoms with E-state index in [1.54, 1.807) is 13.2 Å². The molecule has 0 aliphatic rings. The van der Waals surface area contributed by atoms with Crippen molar-refractivity contribution >= 4 is 29.0 Å². The van der Waals surface area contributed by atoms with Gasteiger partial charge in [-0.1, -0.05) is 34.8 Å². The van der Waals surface area contributed by atoms with Gasteiger partial charge in [-0.2, -0.15) is 0 Å². The van der Waals surface area contributed by atoms with Crippen LogP contribution in [0.1, 0.15) is 5.56 Å². The molecule has 0 saturated heterocycles. The molecule has 18 heavy (non-hydrogen) atoms. The van der Waals surface area contributed by atoms with Crippen LogP contribution in [0.15, 0.2) is 24.3 Å². The molecule has 1 heterocycles. The number of aryl methyl sites for hydroxylation is 1. The predicted octanol–water partition coefficient (Wildman–Crippen LogP) is 3.95. The fourth-order valence-corrected chi connectivity index (χ4v) is 2.14. The van der Waals surface area contributed by atoms with Gasteiger partial charge in [0.2, 0.25) is 0 Å². The molecule has 3 nitrogen and oxygen atoms in total. The van der Waals surface area contributed by atoms with Crippen molar-refractivity contribution in [3.05, 3.63) is 39.9 Å². The van der Waals surface area contributed by atoms with Crippen molar-refractivity contribution in [2.75, 3.05) is 12.8 Å². The lowest BCUT2D eigenvalue weighted by Crippen LogP contribution is -1.97. The summed E-state index contributed by atoms with van der Waals surface area (Å²) in [4.78, 5) is 4.23. The molecule has 1 aromatic heterocycles. The Morgan fingerprint density at radius 2 is 1.89 bits per heavy atom. The summed E-state index contributed by atoms with van der Waals surface area (Å²) in [6.07, 6.45) is 0. The molecule has 0 unspecified atom stereocenters. The number of rotatable bonds is 2. The maximum absolute atomic E-state index is 6.16. The molecule has 0 radical (unpaired) electrons. The van der Waals surface area contributed by atoms with E-state index >= 15 is 0 Å². The number of ether oxygens (including phenoxy) is 1. The number of aromatic nitrogens is 1. The number of nitrogens with zero attached hydrogens (tertiary/aromatic N) is 1. The average Bonchev–Trinajstić information content (AvgIpc) is 2.34. The number of methoxy groups -OCH3 is 1. The van der Waals surface area contributed by atoms with Crippen molar-refractivity contribution in [2.24, 2.45) is 0 Å². The van der Waals surface area contributed by atoms with Crippen LogP contribution in [0.5, 0.6) is 5.75 Å². The van der Waals surface area contributed by atoms with Gasteiger partial charge in [0.15, 0.2) is 0 Å². The topological polar surface area (TPSA) is 48.1 Å². The second kappa shape index (κ2) is 5.04. The molecule has 1 aromatic carbocycles. The van der Waals surface area contributed by atoms with Gasteiger partial charge in [0.1, 0.15) is 11.6 Å². The Bertz CT molecular complexity index is 600. The minimum atomic E-state index is 0.250. The molecular formula is C13H12Cl2N2O. The fourth-order valence-electron chi connectivity index (χ4n) is 1.68. The highest BCUT2D eigenvalue weighted by Crippen LogP contribution is 2.36. The molecule has 0 fully saturated rings. The zero-order valence-electron chi connectivity index (χ0n) is 10.00. The minimum absolute atomic E-state index is 0.250. The second-order valence-electron chi connectivity index (χ2n) is 3.89. The number of hydrogen-bond donors (Lipinski definition) is 1. The SMILES string of the molecule is COc1ccc(C)cc1-c1nc(N)c(Cl)cc1Cl. The molecule has 0 bridgehead atoms. The van der Waals surface area contributed by atoms with Crippen molar-refractivity contribution < 1.29 is 4.74 Å². The molecule has 94 valence electrons. The summed E-state index contributed by atoms with van der Waals surface area (Å²) in [5.41, 5.74) is 8.16. The molecule has 0 saturated carbocycles. The minimum Gasteiger partial charge on any atom is -0.496 e. The van der Waals surface area contributed by atoms with E-state index in [9.17, 15) is 0 Å². The van der Waals surface area contributed by atoms with Gasteiger partial charge >= 0.3 is 0 Å². The lowest BCUT2D eigenvalue weighted by Gasteiger charge is -2.11. The highest BCUT2D eigenvalue weighted by Gasteiger charge is 2.13. The molecule has 5 heteroatoms. The number of benzene rings is 1. The number of hydrogen-bond acceptors (Lipinski definition) is 3. The first-order valence-corrected chi connectivity index (χ1v) is 6.05. The van der Waals surface area contributed by atoms with Crippen LogP contribution in [0.2, 0.25) is 10.0 Å². The summed E-state index contributed by atoms with van der Waals surface area (Å²) < 4.78 is 5.31. The first-order chi connectivity index (χ1) is 8.52. The van der Waals surface area contributed by atoms with Crippen molar-refractivity contribution in [2.45, 2.75) is 6.92 Å². The van der Waals surface area contributed by atoms with Gasteiger partial charge in [-0.25, -0.2) is 4.98 Å². The van der Waals surface area contributed by atoms with E-state index in [-0.39, 0.29) is 5.82 Å². The Labute approximate surface area is 115 Å². The van der Waals surface area contributed by atoms with E-state index in [0.717, 1.165) is 11.1 Å². The Hall–Kier alpha value is -1.45. The first kappa shape index (κ1) is 13.0. The van der Waals surface area contributed by atoms with Gasteiger partial charge in [-0.15, -0.1) is 0 Å². The molecule has 0 aliphatic heterocycles. The predicted molar refractivity (Wildman–Crippen MR) is 75.4 cm³/mol. The molecule has 2 N–H and O–H groups in total. The van der Waals surface area contributed by atoms with Crippen LogP contribution in [0.4, 0.5) is 5.82 Å². The van der Waals surface area contributed by atoms with Gasteiger partial charge in [0.05, 0.1) is 22.8 Å². The zero-order valence-corrected chi connectivity index (χ0v) is 11.5. The average molecular weight is 283 g/mol. The lowest BCUT2D eigenvalue weighted by molar-refractivity contribution is 0.416. The Morgan fingerprint density at radius 1 is 1.17 bits per heavy atom. The van der Waals surface area contributed by atoms with Gasteiger partial charge in [-0.05, 0) is 25.1 Å². The van der Waals surface area contributed by atoms with Gasteiger partial charge in [-0.3, -0.25) is 0 Å². The Morgan fingerprint density at radius 3 is 2.56 bits per heavy atom. The summed E-state index contributed by atoms with van der Waals surface area (Å²) in [5, 5.41) is 0.786. The third-order valence-electron chi connectivity index (χ3n) is 2.57. The van der Waals surface area contributed by atoms with Crippen molar-refractivity contribution in [3.63, 3.8) is 0 Å². The van der Waals surface area contributed by atoms with Gasteiger partial charge < -0.3 is 10.5 Å². The van der Waals surface area contributed by atoms with Crippen LogP contribution in [0.25, 0.3) is 11.3 Å². The number of nitrogen functional groups attached to an aromatic ring is 1. The number of pyridine rings is 1. The summed E-state index contributed by atoms with van der Waals surface area (Å²) in [6.45, 7) is 1.98. The van der Waals surface area contributed by atoms with Crippen LogP contribution in [0, 0.1) is 6.92 Å². The largest absolute Gasteiger partial charge is 0.496 e. The monoisotopic (exact) mass is 282 g/mol. The molecule has 0 spiro atoms. The molecule has 0 amide bonds. The summed E-state index contributed by atoms with van der Waals surface area (Å²) in [7, 11) is 1.60. The van der Waals surface area contributed by atoms with E-state index in [1.807, 2.05) is 25.1 Å². The van der Waals surface area contributed by atoms with Crippen LogP contribution in [-0.2, 0) is 0 Å². The first-order valence-electron chi connectivity index (χ1n) is 5.29. The quantitative estimate of drug-likeness (QED) is 0.907. The van der Waals surface area contributed by atoms with Crippen molar-refractivity contribution in [1.29, 1.82) is 0 Å². The van der Waals surface area contributed by atoms with Crippen LogP contribution >= 0.6 is 23.2 Å². The molecule has 2 aromatic rings. The van der Waals surface area contributed by atoms with Crippen molar-refractivity contribution in [3.8, 4) is 17.0 Å². The van der Waals surface area contributed by atoms with E-state index in [1.165, 1.54) is 0 Å². The smallest absolute Gasteiger partial charge is 0.143 e. The number of anilines is 1. The summed E-state index contributed by atoms with van der Waals surface area (Å²) >= 11 is 12.0. The molecule has 0 aliphatic carbocycles. The summed E-state index contributed by atoms with van der Waals surface area (Å²) in [6, 6.07) is 7.35. The Balaban J connectivity index is 2.68. The maximum Gasteiger partial charge on any atom is 0.143 e. The van der Waals surface area contributed by atoms with Gasteiger partial charge in [0, 0.05) is 5.56 Å². The molecule has 0 atom stereocenters. The van der Waals surface area contributed by atoms with Crippen molar-refractivity contribution in [1.82, 2.24) is 4.98 Å². The maximum atomic E-state index is 6.16.